The van der Waals surface area contributed by atoms with E-state index in [0.29, 0.717) is 6.04 Å². The summed E-state index contributed by atoms with van der Waals surface area (Å²) in [5, 5.41) is 3.46. The maximum atomic E-state index is 5.35. The lowest BCUT2D eigenvalue weighted by Gasteiger charge is -2.13. The van der Waals surface area contributed by atoms with Gasteiger partial charge in [0.25, 0.3) is 0 Å². The van der Waals surface area contributed by atoms with Gasteiger partial charge in [0, 0.05) is 12.6 Å². The second kappa shape index (κ2) is 7.42. The van der Waals surface area contributed by atoms with Crippen LogP contribution in [-0.4, -0.2) is 25.8 Å². The molecule has 0 saturated heterocycles. The molecule has 0 aliphatic heterocycles. The number of hydrogen-bond donors (Lipinski definition) is 1. The van der Waals surface area contributed by atoms with Gasteiger partial charge in [0.05, 0.1) is 6.61 Å². The van der Waals surface area contributed by atoms with Crippen molar-refractivity contribution >= 4 is 0 Å². The average molecular weight is 221 g/mol. The summed E-state index contributed by atoms with van der Waals surface area (Å²) in [7, 11) is 0. The molecule has 0 spiro atoms. The smallest absolute Gasteiger partial charge is 0.0616 e. The molecule has 0 aliphatic rings. The molecule has 1 aromatic rings. The van der Waals surface area contributed by atoms with Gasteiger partial charge >= 0.3 is 0 Å². The fraction of sp³-hybridized carbons (Fsp3) is 0.571. The Balaban J connectivity index is 2.20. The Morgan fingerprint density at radius 2 is 2.19 bits per heavy atom. The third-order valence-corrected chi connectivity index (χ3v) is 2.56. The van der Waals surface area contributed by atoms with Gasteiger partial charge < -0.3 is 10.1 Å². The van der Waals surface area contributed by atoms with Crippen molar-refractivity contribution in [3.05, 3.63) is 35.4 Å². The number of rotatable bonds is 7. The molecule has 0 radical (unpaired) electrons. The standard InChI is InChI=1S/C14H23NO/c1-4-16-11-13(3)15-9-8-14-7-5-6-12(2)10-14/h5-7,10,13,15H,4,8-9,11H2,1-3H3. The van der Waals surface area contributed by atoms with Crippen LogP contribution in [0.1, 0.15) is 25.0 Å². The highest BCUT2D eigenvalue weighted by atomic mass is 16.5. The fourth-order valence-corrected chi connectivity index (χ4v) is 1.68. The summed E-state index contributed by atoms with van der Waals surface area (Å²) < 4.78 is 5.35. The topological polar surface area (TPSA) is 21.3 Å². The van der Waals surface area contributed by atoms with Gasteiger partial charge in [-0.15, -0.1) is 0 Å². The molecule has 16 heavy (non-hydrogen) atoms. The molecule has 1 aromatic carbocycles. The van der Waals surface area contributed by atoms with E-state index in [1.54, 1.807) is 0 Å². The summed E-state index contributed by atoms with van der Waals surface area (Å²) >= 11 is 0. The van der Waals surface area contributed by atoms with Crippen molar-refractivity contribution in [2.75, 3.05) is 19.8 Å². The summed E-state index contributed by atoms with van der Waals surface area (Å²) in [6, 6.07) is 9.12. The van der Waals surface area contributed by atoms with Crippen molar-refractivity contribution in [2.45, 2.75) is 33.2 Å². The summed E-state index contributed by atoms with van der Waals surface area (Å²) in [4.78, 5) is 0. The van der Waals surface area contributed by atoms with Crippen LogP contribution in [0.2, 0.25) is 0 Å². The average Bonchev–Trinajstić information content (AvgIpc) is 2.26. The van der Waals surface area contributed by atoms with Crippen LogP contribution in [0.25, 0.3) is 0 Å². The maximum absolute atomic E-state index is 5.35. The molecule has 90 valence electrons. The van der Waals surface area contributed by atoms with E-state index in [2.05, 4.69) is 43.4 Å². The first-order valence-electron chi connectivity index (χ1n) is 6.09. The molecule has 0 amide bonds. The largest absolute Gasteiger partial charge is 0.380 e. The second-order valence-corrected chi connectivity index (χ2v) is 4.25. The lowest BCUT2D eigenvalue weighted by Crippen LogP contribution is -2.32. The lowest BCUT2D eigenvalue weighted by atomic mass is 10.1. The Morgan fingerprint density at radius 1 is 1.38 bits per heavy atom. The zero-order valence-corrected chi connectivity index (χ0v) is 10.6. The highest BCUT2D eigenvalue weighted by molar-refractivity contribution is 5.22. The Labute approximate surface area is 99.0 Å². The minimum absolute atomic E-state index is 0.435. The van der Waals surface area contributed by atoms with E-state index in [9.17, 15) is 0 Å². The highest BCUT2D eigenvalue weighted by Gasteiger charge is 2.00. The molecule has 0 bridgehead atoms. The Morgan fingerprint density at radius 3 is 2.88 bits per heavy atom. The molecule has 0 fully saturated rings. The van der Waals surface area contributed by atoms with Crippen molar-refractivity contribution in [2.24, 2.45) is 0 Å². The lowest BCUT2D eigenvalue weighted by molar-refractivity contribution is 0.127. The van der Waals surface area contributed by atoms with Crippen molar-refractivity contribution < 1.29 is 4.74 Å². The van der Waals surface area contributed by atoms with Crippen LogP contribution >= 0.6 is 0 Å². The second-order valence-electron chi connectivity index (χ2n) is 4.25. The Kier molecular flexibility index (Phi) is 6.12. The van der Waals surface area contributed by atoms with Crippen molar-refractivity contribution in [1.29, 1.82) is 0 Å². The van der Waals surface area contributed by atoms with Gasteiger partial charge in [-0.25, -0.2) is 0 Å². The number of nitrogens with one attached hydrogen (secondary N) is 1. The van der Waals surface area contributed by atoms with Crippen LogP contribution in [0.3, 0.4) is 0 Å². The maximum Gasteiger partial charge on any atom is 0.0616 e. The number of ether oxygens (including phenoxy) is 1. The molecule has 1 N–H and O–H groups in total. The molecule has 2 nitrogen and oxygen atoms in total. The van der Waals surface area contributed by atoms with Crippen LogP contribution in [-0.2, 0) is 11.2 Å². The van der Waals surface area contributed by atoms with Gasteiger partial charge in [0.15, 0.2) is 0 Å². The third-order valence-electron chi connectivity index (χ3n) is 2.56. The van der Waals surface area contributed by atoms with Crippen LogP contribution in [0.15, 0.2) is 24.3 Å². The SMILES string of the molecule is CCOCC(C)NCCc1cccc(C)c1. The first-order valence-corrected chi connectivity index (χ1v) is 6.09. The van der Waals surface area contributed by atoms with E-state index in [1.807, 2.05) is 6.92 Å². The van der Waals surface area contributed by atoms with Crippen molar-refractivity contribution in [1.82, 2.24) is 5.32 Å². The van der Waals surface area contributed by atoms with Gasteiger partial charge in [0.2, 0.25) is 0 Å². The van der Waals surface area contributed by atoms with Crippen molar-refractivity contribution in [3.63, 3.8) is 0 Å². The van der Waals surface area contributed by atoms with Crippen LogP contribution in [0, 0.1) is 6.92 Å². The first-order chi connectivity index (χ1) is 7.72. The minimum atomic E-state index is 0.435. The van der Waals surface area contributed by atoms with E-state index in [4.69, 9.17) is 4.74 Å². The highest BCUT2D eigenvalue weighted by Crippen LogP contribution is 2.04. The van der Waals surface area contributed by atoms with Gasteiger partial charge in [-0.2, -0.15) is 0 Å². The zero-order valence-electron chi connectivity index (χ0n) is 10.6. The van der Waals surface area contributed by atoms with E-state index in [-0.39, 0.29) is 0 Å². The number of aryl methyl sites for hydroxylation is 1. The van der Waals surface area contributed by atoms with Gasteiger partial charge in [-0.3, -0.25) is 0 Å². The number of hydrogen-bond acceptors (Lipinski definition) is 2. The summed E-state index contributed by atoms with van der Waals surface area (Å²) in [6.07, 6.45) is 1.08. The predicted molar refractivity (Wildman–Crippen MR) is 68.8 cm³/mol. The minimum Gasteiger partial charge on any atom is -0.380 e. The molecule has 0 aromatic heterocycles. The molecule has 1 unspecified atom stereocenters. The zero-order chi connectivity index (χ0) is 11.8. The quantitative estimate of drug-likeness (QED) is 0.764. The normalized spacial score (nSPS) is 12.7. The Bertz CT molecular complexity index is 299. The van der Waals surface area contributed by atoms with Crippen LogP contribution in [0.4, 0.5) is 0 Å². The number of benzene rings is 1. The van der Waals surface area contributed by atoms with E-state index >= 15 is 0 Å². The van der Waals surface area contributed by atoms with E-state index in [1.165, 1.54) is 11.1 Å². The molecule has 0 heterocycles. The molecule has 0 saturated carbocycles. The van der Waals surface area contributed by atoms with Crippen LogP contribution < -0.4 is 5.32 Å². The summed E-state index contributed by atoms with van der Waals surface area (Å²) in [5.41, 5.74) is 2.73. The Hall–Kier alpha value is -0.860. The summed E-state index contributed by atoms with van der Waals surface area (Å²) in [6.45, 7) is 8.92. The fourth-order valence-electron chi connectivity index (χ4n) is 1.68. The van der Waals surface area contributed by atoms with Gasteiger partial charge in [-0.05, 0) is 39.3 Å². The molecular weight excluding hydrogens is 198 g/mol. The van der Waals surface area contributed by atoms with Crippen LogP contribution in [0.5, 0.6) is 0 Å². The van der Waals surface area contributed by atoms with E-state index in [0.717, 1.165) is 26.2 Å². The molecule has 0 aliphatic carbocycles. The third kappa shape index (κ3) is 5.29. The predicted octanol–water partition coefficient (Wildman–Crippen LogP) is 2.55. The first kappa shape index (κ1) is 13.2. The van der Waals surface area contributed by atoms with E-state index < -0.39 is 0 Å². The van der Waals surface area contributed by atoms with Gasteiger partial charge in [-0.1, -0.05) is 29.8 Å². The monoisotopic (exact) mass is 221 g/mol. The molecular formula is C14H23NO. The van der Waals surface area contributed by atoms with Crippen molar-refractivity contribution in [3.8, 4) is 0 Å². The van der Waals surface area contributed by atoms with Gasteiger partial charge in [0.1, 0.15) is 0 Å². The molecule has 1 rings (SSSR count). The summed E-state index contributed by atoms with van der Waals surface area (Å²) in [5.74, 6) is 0. The molecule has 2 heteroatoms. The molecule has 1 atom stereocenters.